The smallest absolute Gasteiger partial charge is 0.326 e. The number of carboxylic acid groups (broad SMARTS) is 1. The van der Waals surface area contributed by atoms with E-state index in [4.69, 9.17) is 0 Å². The summed E-state index contributed by atoms with van der Waals surface area (Å²) in [6, 6.07) is 5.40. The van der Waals surface area contributed by atoms with Crippen LogP contribution in [-0.4, -0.2) is 38.7 Å². The largest absolute Gasteiger partial charge is 0.480 e. The maximum atomic E-state index is 12.4. The molecule has 2 aromatic rings. The Balaban J connectivity index is 1.85. The lowest BCUT2D eigenvalue weighted by Crippen LogP contribution is -2.41. The van der Waals surface area contributed by atoms with Crippen LogP contribution in [0.25, 0.3) is 0 Å². The van der Waals surface area contributed by atoms with Crippen LogP contribution in [-0.2, 0) is 11.2 Å². The number of aromatic amines is 1. The number of carbonyl (C=O) groups excluding carboxylic acids is 2. The molecule has 0 saturated carbocycles. The number of carbonyl (C=O) groups is 3. The number of benzene rings is 1. The van der Waals surface area contributed by atoms with Gasteiger partial charge in [0.15, 0.2) is 5.78 Å². The Bertz CT molecular complexity index is 808. The van der Waals surface area contributed by atoms with Crippen LogP contribution in [0.3, 0.4) is 0 Å². The molecule has 1 aliphatic rings. The van der Waals surface area contributed by atoms with Gasteiger partial charge in [-0.25, -0.2) is 9.78 Å². The first-order valence-corrected chi connectivity index (χ1v) is 6.92. The zero-order chi connectivity index (χ0) is 16.4. The van der Waals surface area contributed by atoms with Gasteiger partial charge in [-0.05, 0) is 0 Å². The predicted octanol–water partition coefficient (Wildman–Crippen LogP) is 0.958. The number of nitrogens with zero attached hydrogens (tertiary/aromatic N) is 1. The SMILES string of the molecule is O=C1C=C(NC(Cc2cnc[nH]2)C(=O)O)C(=O)c2ccccc21. The van der Waals surface area contributed by atoms with Gasteiger partial charge in [-0.2, -0.15) is 0 Å². The number of Topliss-reactive ketones (excluding diaryl/α,β-unsaturated/α-hetero) is 1. The van der Waals surface area contributed by atoms with E-state index in [0.29, 0.717) is 11.3 Å². The van der Waals surface area contributed by atoms with Gasteiger partial charge in [0, 0.05) is 35.5 Å². The van der Waals surface area contributed by atoms with Crippen LogP contribution >= 0.6 is 0 Å². The topological polar surface area (TPSA) is 112 Å². The number of imidazole rings is 1. The monoisotopic (exact) mass is 311 g/mol. The number of H-pyrrole nitrogens is 1. The van der Waals surface area contributed by atoms with Crippen molar-refractivity contribution in [2.24, 2.45) is 0 Å². The number of carboxylic acids is 1. The summed E-state index contributed by atoms with van der Waals surface area (Å²) in [6.45, 7) is 0. The molecular weight excluding hydrogens is 298 g/mol. The van der Waals surface area contributed by atoms with Crippen molar-refractivity contribution in [3.63, 3.8) is 0 Å². The summed E-state index contributed by atoms with van der Waals surface area (Å²) in [5.41, 5.74) is 1.19. The minimum Gasteiger partial charge on any atom is -0.480 e. The van der Waals surface area contributed by atoms with Gasteiger partial charge >= 0.3 is 5.97 Å². The fourth-order valence-corrected chi connectivity index (χ4v) is 2.43. The summed E-state index contributed by atoms with van der Waals surface area (Å²) < 4.78 is 0. The van der Waals surface area contributed by atoms with Crippen LogP contribution in [0.2, 0.25) is 0 Å². The van der Waals surface area contributed by atoms with E-state index in [2.05, 4.69) is 15.3 Å². The molecule has 0 bridgehead atoms. The Morgan fingerprint density at radius 3 is 2.65 bits per heavy atom. The number of aliphatic carboxylic acids is 1. The molecule has 1 aromatic heterocycles. The highest BCUT2D eigenvalue weighted by Gasteiger charge is 2.28. The van der Waals surface area contributed by atoms with Gasteiger partial charge in [-0.15, -0.1) is 0 Å². The van der Waals surface area contributed by atoms with Crippen LogP contribution in [0.4, 0.5) is 0 Å². The van der Waals surface area contributed by atoms with Crippen molar-refractivity contribution < 1.29 is 19.5 Å². The zero-order valence-corrected chi connectivity index (χ0v) is 11.9. The van der Waals surface area contributed by atoms with Gasteiger partial charge in [0.25, 0.3) is 0 Å². The highest BCUT2D eigenvalue weighted by Crippen LogP contribution is 2.20. The first-order chi connectivity index (χ1) is 11.1. The Morgan fingerprint density at radius 1 is 1.26 bits per heavy atom. The molecular formula is C16H13N3O4. The van der Waals surface area contributed by atoms with Gasteiger partial charge in [-0.1, -0.05) is 24.3 Å². The molecule has 3 N–H and O–H groups in total. The second-order valence-electron chi connectivity index (χ2n) is 5.11. The summed E-state index contributed by atoms with van der Waals surface area (Å²) in [7, 11) is 0. The molecule has 1 atom stereocenters. The quantitative estimate of drug-likeness (QED) is 0.758. The molecule has 1 aliphatic carbocycles. The number of hydrogen-bond donors (Lipinski definition) is 3. The van der Waals surface area contributed by atoms with Gasteiger partial charge in [0.2, 0.25) is 5.78 Å². The van der Waals surface area contributed by atoms with Gasteiger partial charge in [0.05, 0.1) is 12.0 Å². The van der Waals surface area contributed by atoms with E-state index < -0.39 is 17.8 Å². The molecule has 1 heterocycles. The fraction of sp³-hybridized carbons (Fsp3) is 0.125. The van der Waals surface area contributed by atoms with E-state index in [1.807, 2.05) is 0 Å². The molecule has 0 aliphatic heterocycles. The predicted molar refractivity (Wildman–Crippen MR) is 80.0 cm³/mol. The lowest BCUT2D eigenvalue weighted by atomic mass is 9.92. The first-order valence-electron chi connectivity index (χ1n) is 6.92. The third kappa shape index (κ3) is 2.89. The van der Waals surface area contributed by atoms with E-state index >= 15 is 0 Å². The molecule has 0 radical (unpaired) electrons. The summed E-state index contributed by atoms with van der Waals surface area (Å²) in [6.07, 6.45) is 4.21. The fourth-order valence-electron chi connectivity index (χ4n) is 2.43. The van der Waals surface area contributed by atoms with Crippen LogP contribution in [0.1, 0.15) is 26.4 Å². The minimum absolute atomic E-state index is 0.0133. The molecule has 23 heavy (non-hydrogen) atoms. The molecule has 7 nitrogen and oxygen atoms in total. The Hall–Kier alpha value is -3.22. The van der Waals surface area contributed by atoms with Gasteiger partial charge in [0.1, 0.15) is 6.04 Å². The summed E-state index contributed by atoms with van der Waals surface area (Å²) in [5.74, 6) is -1.84. The molecule has 0 saturated heterocycles. The highest BCUT2D eigenvalue weighted by atomic mass is 16.4. The Labute approximate surface area is 131 Å². The van der Waals surface area contributed by atoms with Crippen molar-refractivity contribution >= 4 is 17.5 Å². The van der Waals surface area contributed by atoms with E-state index in [0.717, 1.165) is 6.08 Å². The number of hydrogen-bond acceptors (Lipinski definition) is 5. The molecule has 0 fully saturated rings. The lowest BCUT2D eigenvalue weighted by Gasteiger charge is -2.20. The van der Waals surface area contributed by atoms with Crippen molar-refractivity contribution in [2.45, 2.75) is 12.5 Å². The van der Waals surface area contributed by atoms with Crippen molar-refractivity contribution in [2.75, 3.05) is 0 Å². The number of ketones is 2. The molecule has 116 valence electrons. The maximum absolute atomic E-state index is 12.4. The minimum atomic E-state index is -1.13. The van der Waals surface area contributed by atoms with E-state index in [1.165, 1.54) is 12.5 Å². The van der Waals surface area contributed by atoms with Gasteiger partial charge in [-0.3, -0.25) is 9.59 Å². The van der Waals surface area contributed by atoms with Crippen molar-refractivity contribution in [3.05, 3.63) is 65.4 Å². The normalized spacial score (nSPS) is 14.9. The van der Waals surface area contributed by atoms with E-state index in [-0.39, 0.29) is 23.5 Å². The van der Waals surface area contributed by atoms with Crippen LogP contribution in [0.5, 0.6) is 0 Å². The second-order valence-corrected chi connectivity index (χ2v) is 5.11. The number of allylic oxidation sites excluding steroid dienone is 2. The van der Waals surface area contributed by atoms with Crippen LogP contribution in [0.15, 0.2) is 48.6 Å². The van der Waals surface area contributed by atoms with Gasteiger partial charge < -0.3 is 15.4 Å². The molecule has 1 aromatic carbocycles. The van der Waals surface area contributed by atoms with Crippen LogP contribution < -0.4 is 5.32 Å². The highest BCUT2D eigenvalue weighted by molar-refractivity contribution is 6.24. The third-order valence-electron chi connectivity index (χ3n) is 3.56. The average molecular weight is 311 g/mol. The summed E-state index contributed by atoms with van der Waals surface area (Å²) in [5, 5.41) is 12.0. The summed E-state index contributed by atoms with van der Waals surface area (Å²) in [4.78, 5) is 42.6. The molecule has 1 unspecified atom stereocenters. The van der Waals surface area contributed by atoms with Crippen molar-refractivity contribution in [1.29, 1.82) is 0 Å². The molecule has 0 spiro atoms. The second kappa shape index (κ2) is 5.88. The van der Waals surface area contributed by atoms with Crippen molar-refractivity contribution in [3.8, 4) is 0 Å². The van der Waals surface area contributed by atoms with E-state index in [1.54, 1.807) is 24.3 Å². The average Bonchev–Trinajstić information content (AvgIpc) is 3.04. The van der Waals surface area contributed by atoms with Crippen molar-refractivity contribution in [1.82, 2.24) is 15.3 Å². The lowest BCUT2D eigenvalue weighted by molar-refractivity contribution is -0.139. The molecule has 0 amide bonds. The van der Waals surface area contributed by atoms with E-state index in [9.17, 15) is 19.5 Å². The summed E-state index contributed by atoms with van der Waals surface area (Å²) >= 11 is 0. The third-order valence-corrected chi connectivity index (χ3v) is 3.56. The molecule has 7 heteroatoms. The number of rotatable bonds is 5. The number of nitrogens with one attached hydrogen (secondary N) is 2. The van der Waals surface area contributed by atoms with Crippen LogP contribution in [0, 0.1) is 0 Å². The first kappa shape index (κ1) is 14.7. The zero-order valence-electron chi connectivity index (χ0n) is 11.9. The Morgan fingerprint density at radius 2 is 2.00 bits per heavy atom. The molecule has 3 rings (SSSR count). The Kier molecular flexibility index (Phi) is 3.76. The number of fused-ring (bicyclic) bond motifs is 1. The maximum Gasteiger partial charge on any atom is 0.326 e. The number of aromatic nitrogens is 2. The standard InChI is InChI=1S/C16H13N3O4/c20-14-6-12(15(21)11-4-2-1-3-10(11)14)19-13(16(22)23)5-9-7-17-8-18-9/h1-4,6-8,13,19H,5H2,(H,17,18)(H,22,23).